The van der Waals surface area contributed by atoms with Gasteiger partial charge in [0, 0.05) is 28.9 Å². The standard InChI is InChI=1S/C39H28N2O2/c1-2-16-32(17-3-1)43-38-22-7-6-20-35(38)39(36-21-8-9-23-40-36)30-15-11-19-34(25-30)42-33-18-10-14-29(24-33)37-26-28-12-4-5-13-31(28)27-41-37/h1-27,39H/t39-/m0/s1. The molecule has 0 bridgehead atoms. The van der Waals surface area contributed by atoms with Crippen molar-refractivity contribution in [1.82, 2.24) is 9.97 Å². The van der Waals surface area contributed by atoms with Gasteiger partial charge in [-0.2, -0.15) is 0 Å². The van der Waals surface area contributed by atoms with Crippen LogP contribution in [0.3, 0.4) is 0 Å². The molecule has 0 aliphatic heterocycles. The first-order valence-electron chi connectivity index (χ1n) is 14.3. The van der Waals surface area contributed by atoms with Crippen LogP contribution in [0.1, 0.15) is 22.7 Å². The fourth-order valence-electron chi connectivity index (χ4n) is 5.34. The Balaban J connectivity index is 1.23. The van der Waals surface area contributed by atoms with Gasteiger partial charge in [-0.15, -0.1) is 0 Å². The fourth-order valence-corrected chi connectivity index (χ4v) is 5.34. The lowest BCUT2D eigenvalue weighted by atomic mass is 9.87. The molecule has 7 aromatic rings. The molecule has 1 atom stereocenters. The van der Waals surface area contributed by atoms with Crippen LogP contribution < -0.4 is 9.47 Å². The van der Waals surface area contributed by atoms with Gasteiger partial charge in [0.2, 0.25) is 0 Å². The minimum atomic E-state index is -0.169. The molecule has 4 nitrogen and oxygen atoms in total. The molecule has 0 saturated carbocycles. The number of ether oxygens (including phenoxy) is 2. The van der Waals surface area contributed by atoms with Crippen LogP contribution in [-0.4, -0.2) is 9.97 Å². The number of rotatable bonds is 8. The van der Waals surface area contributed by atoms with Gasteiger partial charge in [-0.05, 0) is 71.6 Å². The zero-order chi connectivity index (χ0) is 28.8. The Kier molecular flexibility index (Phi) is 7.31. The van der Waals surface area contributed by atoms with Crippen LogP contribution in [0, 0.1) is 0 Å². The van der Waals surface area contributed by atoms with Crippen LogP contribution in [0.2, 0.25) is 0 Å². The maximum atomic E-state index is 6.44. The van der Waals surface area contributed by atoms with Crippen molar-refractivity contribution in [1.29, 1.82) is 0 Å². The van der Waals surface area contributed by atoms with Crippen molar-refractivity contribution in [3.63, 3.8) is 0 Å². The van der Waals surface area contributed by atoms with Crippen LogP contribution in [-0.2, 0) is 0 Å². The van der Waals surface area contributed by atoms with E-state index in [1.54, 1.807) is 0 Å². The first kappa shape index (κ1) is 26.2. The van der Waals surface area contributed by atoms with Crippen molar-refractivity contribution < 1.29 is 9.47 Å². The summed E-state index contributed by atoms with van der Waals surface area (Å²) < 4.78 is 12.8. The second kappa shape index (κ2) is 12.0. The largest absolute Gasteiger partial charge is 0.457 e. The van der Waals surface area contributed by atoms with Gasteiger partial charge >= 0.3 is 0 Å². The van der Waals surface area contributed by atoms with Gasteiger partial charge in [-0.3, -0.25) is 9.97 Å². The Morgan fingerprint density at radius 1 is 0.488 bits per heavy atom. The summed E-state index contributed by atoms with van der Waals surface area (Å²) in [5.41, 5.74) is 4.90. The van der Waals surface area contributed by atoms with Gasteiger partial charge in [0.1, 0.15) is 23.0 Å². The topological polar surface area (TPSA) is 44.2 Å². The van der Waals surface area contributed by atoms with E-state index in [0.717, 1.165) is 61.8 Å². The third kappa shape index (κ3) is 5.85. The van der Waals surface area contributed by atoms with Crippen molar-refractivity contribution in [3.8, 4) is 34.3 Å². The Hall–Kier alpha value is -5.74. The van der Waals surface area contributed by atoms with E-state index in [-0.39, 0.29) is 5.92 Å². The van der Waals surface area contributed by atoms with Crippen LogP contribution in [0.25, 0.3) is 22.0 Å². The third-order valence-electron chi connectivity index (χ3n) is 7.37. The first-order valence-corrected chi connectivity index (χ1v) is 14.3. The molecule has 2 heterocycles. The van der Waals surface area contributed by atoms with Crippen LogP contribution in [0.5, 0.6) is 23.0 Å². The second-order valence-corrected chi connectivity index (χ2v) is 10.3. The molecule has 0 radical (unpaired) electrons. The molecule has 0 fully saturated rings. The molecule has 0 amide bonds. The zero-order valence-electron chi connectivity index (χ0n) is 23.4. The Morgan fingerprint density at radius 3 is 2.07 bits per heavy atom. The molecule has 7 rings (SSSR count). The van der Waals surface area contributed by atoms with E-state index in [1.165, 1.54) is 0 Å². The molecule has 0 saturated heterocycles. The first-order chi connectivity index (χ1) is 21.3. The van der Waals surface area contributed by atoms with E-state index in [1.807, 2.05) is 116 Å². The number of hydrogen-bond acceptors (Lipinski definition) is 4. The van der Waals surface area contributed by atoms with Crippen LogP contribution in [0.15, 0.2) is 164 Å². The van der Waals surface area contributed by atoms with Gasteiger partial charge in [0.05, 0.1) is 17.3 Å². The van der Waals surface area contributed by atoms with Gasteiger partial charge in [0.15, 0.2) is 0 Å². The molecule has 0 aliphatic carbocycles. The number of fused-ring (bicyclic) bond motifs is 1. The summed E-state index contributed by atoms with van der Waals surface area (Å²) in [5.74, 6) is 2.88. The van der Waals surface area contributed by atoms with Gasteiger partial charge < -0.3 is 9.47 Å². The van der Waals surface area contributed by atoms with Crippen LogP contribution >= 0.6 is 0 Å². The lowest BCUT2D eigenvalue weighted by Crippen LogP contribution is -2.07. The highest BCUT2D eigenvalue weighted by Gasteiger charge is 2.22. The fraction of sp³-hybridized carbons (Fsp3) is 0.0256. The normalized spacial score (nSPS) is 11.6. The van der Waals surface area contributed by atoms with E-state index in [2.05, 4.69) is 48.5 Å². The molecule has 4 heteroatoms. The second-order valence-electron chi connectivity index (χ2n) is 10.3. The van der Waals surface area contributed by atoms with E-state index in [0.29, 0.717) is 0 Å². The molecule has 0 N–H and O–H groups in total. The summed E-state index contributed by atoms with van der Waals surface area (Å²) in [7, 11) is 0. The average molecular weight is 557 g/mol. The molecule has 0 spiro atoms. The highest BCUT2D eigenvalue weighted by atomic mass is 16.5. The van der Waals surface area contributed by atoms with E-state index >= 15 is 0 Å². The quantitative estimate of drug-likeness (QED) is 0.187. The lowest BCUT2D eigenvalue weighted by molar-refractivity contribution is 0.473. The van der Waals surface area contributed by atoms with Gasteiger partial charge in [-0.1, -0.05) is 91.0 Å². The number of benzene rings is 5. The van der Waals surface area contributed by atoms with Crippen molar-refractivity contribution in [2.24, 2.45) is 0 Å². The summed E-state index contributed by atoms with van der Waals surface area (Å²) in [6.07, 6.45) is 3.74. The van der Waals surface area contributed by atoms with Crippen molar-refractivity contribution in [3.05, 3.63) is 181 Å². The Labute approximate surface area is 250 Å². The predicted octanol–water partition coefficient (Wildman–Crippen LogP) is 10.1. The number of hydrogen-bond donors (Lipinski definition) is 0. The van der Waals surface area contributed by atoms with Crippen molar-refractivity contribution >= 4 is 10.8 Å². The minimum absolute atomic E-state index is 0.169. The monoisotopic (exact) mass is 556 g/mol. The van der Waals surface area contributed by atoms with Crippen molar-refractivity contribution in [2.45, 2.75) is 5.92 Å². The average Bonchev–Trinajstić information content (AvgIpc) is 3.07. The lowest BCUT2D eigenvalue weighted by Gasteiger charge is -2.21. The molecule has 43 heavy (non-hydrogen) atoms. The molecule has 206 valence electrons. The molecular weight excluding hydrogens is 528 g/mol. The SMILES string of the molecule is c1ccc(Oc2ccccc2[C@H](c2cccc(Oc3cccc(-c4cc5ccccc5cn4)c3)c2)c2ccccn2)cc1. The maximum Gasteiger partial charge on any atom is 0.131 e. The number of aromatic nitrogens is 2. The van der Waals surface area contributed by atoms with Gasteiger partial charge in [0.25, 0.3) is 0 Å². The summed E-state index contributed by atoms with van der Waals surface area (Å²) in [4.78, 5) is 9.45. The van der Waals surface area contributed by atoms with E-state index in [4.69, 9.17) is 19.4 Å². The predicted molar refractivity (Wildman–Crippen MR) is 172 cm³/mol. The van der Waals surface area contributed by atoms with E-state index in [9.17, 15) is 0 Å². The van der Waals surface area contributed by atoms with Crippen LogP contribution in [0.4, 0.5) is 0 Å². The number of nitrogens with zero attached hydrogens (tertiary/aromatic N) is 2. The maximum absolute atomic E-state index is 6.44. The third-order valence-corrected chi connectivity index (χ3v) is 7.37. The molecule has 0 unspecified atom stereocenters. The molecule has 5 aromatic carbocycles. The van der Waals surface area contributed by atoms with Gasteiger partial charge in [-0.25, -0.2) is 0 Å². The summed E-state index contributed by atoms with van der Waals surface area (Å²) in [6, 6.07) is 50.6. The smallest absolute Gasteiger partial charge is 0.131 e. The minimum Gasteiger partial charge on any atom is -0.457 e. The highest BCUT2D eigenvalue weighted by molar-refractivity contribution is 5.85. The molecular formula is C39H28N2O2. The summed E-state index contributed by atoms with van der Waals surface area (Å²) in [5, 5.41) is 2.28. The number of pyridine rings is 2. The summed E-state index contributed by atoms with van der Waals surface area (Å²) >= 11 is 0. The molecule has 2 aromatic heterocycles. The van der Waals surface area contributed by atoms with E-state index < -0.39 is 0 Å². The zero-order valence-corrected chi connectivity index (χ0v) is 23.4. The summed E-state index contributed by atoms with van der Waals surface area (Å²) in [6.45, 7) is 0. The number of para-hydroxylation sites is 2. The Morgan fingerprint density at radius 2 is 1.21 bits per heavy atom. The molecule has 0 aliphatic rings. The highest BCUT2D eigenvalue weighted by Crippen LogP contribution is 2.39. The van der Waals surface area contributed by atoms with Crippen molar-refractivity contribution in [2.75, 3.05) is 0 Å². The Bertz CT molecular complexity index is 1990.